The molecule has 0 saturated heterocycles. The number of nitrogens with one attached hydrogen (secondary N) is 2. The molecule has 1 heterocycles. The number of halogens is 3. The van der Waals surface area contributed by atoms with Crippen molar-refractivity contribution in [3.8, 4) is 11.3 Å². The minimum atomic E-state index is -0.911. The number of likely N-dealkylation sites (N-methyl/N-ethyl adjacent to an activating group) is 1. The Bertz CT molecular complexity index is 1370. The lowest BCUT2D eigenvalue weighted by Gasteiger charge is -2.18. The van der Waals surface area contributed by atoms with Crippen molar-refractivity contribution in [1.29, 1.82) is 0 Å². The standard InChI is InChI=1S/C27H23Br2FN4O2/c1-31-26(35)24(13-18-11-21(29)14-22(30)12-18)32-27(36)25-15-23(19-7-3-2-4-8-19)33-34(25)16-17-6-5-9-20(28)10-17/h2-12,14-15,24H,13,16H2,1H3,(H,31,35)(H,32,36). The highest BCUT2D eigenvalue weighted by atomic mass is 79.9. The predicted molar refractivity (Wildman–Crippen MR) is 144 cm³/mol. The topological polar surface area (TPSA) is 76.0 Å². The van der Waals surface area contributed by atoms with Crippen LogP contribution >= 0.6 is 31.9 Å². The molecular weight excluding hydrogens is 591 g/mol. The Morgan fingerprint density at radius 3 is 2.39 bits per heavy atom. The van der Waals surface area contributed by atoms with E-state index in [0.717, 1.165) is 15.6 Å². The molecule has 6 nitrogen and oxygen atoms in total. The Kier molecular flexibility index (Phi) is 8.32. The molecule has 0 fully saturated rings. The van der Waals surface area contributed by atoms with Gasteiger partial charge in [-0.3, -0.25) is 14.3 Å². The summed E-state index contributed by atoms with van der Waals surface area (Å²) in [5.41, 5.74) is 3.34. The molecule has 9 heteroatoms. The molecule has 184 valence electrons. The maximum atomic E-state index is 13.9. The van der Waals surface area contributed by atoms with E-state index < -0.39 is 17.8 Å². The second-order valence-electron chi connectivity index (χ2n) is 8.19. The summed E-state index contributed by atoms with van der Waals surface area (Å²) in [6.07, 6.45) is 0.118. The van der Waals surface area contributed by atoms with E-state index in [4.69, 9.17) is 5.10 Å². The highest BCUT2D eigenvalue weighted by Crippen LogP contribution is 2.21. The van der Waals surface area contributed by atoms with Gasteiger partial charge >= 0.3 is 0 Å². The quantitative estimate of drug-likeness (QED) is 0.281. The zero-order chi connectivity index (χ0) is 25.7. The van der Waals surface area contributed by atoms with Gasteiger partial charge in [0.05, 0.1) is 12.2 Å². The molecule has 1 aromatic heterocycles. The fourth-order valence-electron chi connectivity index (χ4n) is 3.86. The van der Waals surface area contributed by atoms with E-state index in [1.807, 2.05) is 54.6 Å². The van der Waals surface area contributed by atoms with Crippen molar-refractivity contribution in [3.63, 3.8) is 0 Å². The fraction of sp³-hybridized carbons (Fsp3) is 0.148. The summed E-state index contributed by atoms with van der Waals surface area (Å²) in [4.78, 5) is 26.1. The minimum Gasteiger partial charge on any atom is -0.357 e. The van der Waals surface area contributed by atoms with Crippen LogP contribution in [0.4, 0.5) is 4.39 Å². The molecule has 0 bridgehead atoms. The molecule has 0 spiro atoms. The number of aromatic nitrogens is 2. The molecule has 2 amide bonds. The number of hydrogen-bond acceptors (Lipinski definition) is 3. The second-order valence-corrected chi connectivity index (χ2v) is 10.0. The molecule has 1 unspecified atom stereocenters. The van der Waals surface area contributed by atoms with E-state index in [1.54, 1.807) is 16.8 Å². The summed E-state index contributed by atoms with van der Waals surface area (Å²) in [6.45, 7) is 0.358. The monoisotopic (exact) mass is 612 g/mol. The van der Waals surface area contributed by atoms with Crippen LogP contribution in [0.3, 0.4) is 0 Å². The van der Waals surface area contributed by atoms with Crippen molar-refractivity contribution < 1.29 is 14.0 Å². The van der Waals surface area contributed by atoms with Crippen LogP contribution < -0.4 is 10.6 Å². The summed E-state index contributed by atoms with van der Waals surface area (Å²) >= 11 is 6.75. The largest absolute Gasteiger partial charge is 0.357 e. The predicted octanol–water partition coefficient (Wildman–Crippen LogP) is 5.35. The third kappa shape index (κ3) is 6.47. The van der Waals surface area contributed by atoms with Gasteiger partial charge in [-0.2, -0.15) is 5.10 Å². The zero-order valence-electron chi connectivity index (χ0n) is 19.3. The molecule has 2 N–H and O–H groups in total. The van der Waals surface area contributed by atoms with Crippen molar-refractivity contribution in [2.45, 2.75) is 19.0 Å². The van der Waals surface area contributed by atoms with Gasteiger partial charge in [0.1, 0.15) is 17.6 Å². The second kappa shape index (κ2) is 11.6. The molecule has 0 aliphatic rings. The fourth-order valence-corrected chi connectivity index (χ4v) is 4.82. The first-order valence-corrected chi connectivity index (χ1v) is 12.8. The van der Waals surface area contributed by atoms with E-state index >= 15 is 0 Å². The van der Waals surface area contributed by atoms with Gasteiger partial charge in [0, 0.05) is 28.0 Å². The molecule has 0 radical (unpaired) electrons. The average molecular weight is 614 g/mol. The smallest absolute Gasteiger partial charge is 0.270 e. The van der Waals surface area contributed by atoms with Gasteiger partial charge in [-0.05, 0) is 47.5 Å². The zero-order valence-corrected chi connectivity index (χ0v) is 22.5. The van der Waals surface area contributed by atoms with Crippen LogP contribution in [-0.4, -0.2) is 34.7 Å². The Morgan fingerprint density at radius 2 is 1.69 bits per heavy atom. The van der Waals surface area contributed by atoms with Crippen molar-refractivity contribution in [1.82, 2.24) is 20.4 Å². The summed E-state index contributed by atoms with van der Waals surface area (Å²) in [5.74, 6) is -1.27. The van der Waals surface area contributed by atoms with E-state index in [-0.39, 0.29) is 12.3 Å². The molecule has 4 rings (SSSR count). The minimum absolute atomic E-state index is 0.118. The van der Waals surface area contributed by atoms with Crippen LogP contribution in [0.25, 0.3) is 11.3 Å². The molecule has 4 aromatic rings. The van der Waals surface area contributed by atoms with Crippen LogP contribution in [0.15, 0.2) is 87.8 Å². The average Bonchev–Trinajstić information content (AvgIpc) is 3.27. The number of amides is 2. The first-order valence-electron chi connectivity index (χ1n) is 11.2. The van der Waals surface area contributed by atoms with Gasteiger partial charge in [-0.15, -0.1) is 0 Å². The van der Waals surface area contributed by atoms with Gasteiger partial charge in [-0.1, -0.05) is 74.3 Å². The normalized spacial score (nSPS) is 11.7. The Morgan fingerprint density at radius 1 is 0.944 bits per heavy atom. The molecule has 3 aromatic carbocycles. The molecular formula is C27H23Br2FN4O2. The number of nitrogens with zero attached hydrogens (tertiary/aromatic N) is 2. The van der Waals surface area contributed by atoms with Crippen LogP contribution in [0.1, 0.15) is 21.6 Å². The van der Waals surface area contributed by atoms with Crippen LogP contribution in [0, 0.1) is 5.82 Å². The maximum Gasteiger partial charge on any atom is 0.270 e. The summed E-state index contributed by atoms with van der Waals surface area (Å²) in [6, 6.07) is 22.5. The van der Waals surface area contributed by atoms with Crippen molar-refractivity contribution in [2.24, 2.45) is 0 Å². The Hall–Kier alpha value is -3.30. The highest BCUT2D eigenvalue weighted by molar-refractivity contribution is 9.10. The molecule has 0 saturated carbocycles. The summed E-state index contributed by atoms with van der Waals surface area (Å²) in [7, 11) is 1.49. The first-order chi connectivity index (χ1) is 17.3. The van der Waals surface area contributed by atoms with E-state index in [9.17, 15) is 14.0 Å². The van der Waals surface area contributed by atoms with E-state index in [2.05, 4.69) is 42.5 Å². The Labute approximate surface area is 225 Å². The summed E-state index contributed by atoms with van der Waals surface area (Å²) in [5, 5.41) is 10.1. The van der Waals surface area contributed by atoms with Gasteiger partial charge in [0.2, 0.25) is 5.91 Å². The number of rotatable bonds is 8. The SMILES string of the molecule is CNC(=O)C(Cc1cc(F)cc(Br)c1)NC(=O)c1cc(-c2ccccc2)nn1Cc1cccc(Br)c1. The lowest BCUT2D eigenvalue weighted by Crippen LogP contribution is -2.47. The highest BCUT2D eigenvalue weighted by Gasteiger charge is 2.24. The van der Waals surface area contributed by atoms with Gasteiger partial charge in [-0.25, -0.2) is 4.39 Å². The van der Waals surface area contributed by atoms with Gasteiger partial charge in [0.15, 0.2) is 0 Å². The molecule has 1 atom stereocenters. The lowest BCUT2D eigenvalue weighted by atomic mass is 10.0. The van der Waals surface area contributed by atoms with Crippen molar-refractivity contribution in [3.05, 3.63) is 110 Å². The maximum absolute atomic E-state index is 13.9. The van der Waals surface area contributed by atoms with Gasteiger partial charge < -0.3 is 10.6 Å². The van der Waals surface area contributed by atoms with E-state index in [0.29, 0.717) is 28.0 Å². The van der Waals surface area contributed by atoms with Crippen molar-refractivity contribution in [2.75, 3.05) is 7.05 Å². The molecule has 0 aliphatic heterocycles. The Balaban J connectivity index is 1.66. The number of carbonyl (C=O) groups excluding carboxylic acids is 2. The lowest BCUT2D eigenvalue weighted by molar-refractivity contribution is -0.122. The van der Waals surface area contributed by atoms with Crippen LogP contribution in [0.2, 0.25) is 0 Å². The van der Waals surface area contributed by atoms with Crippen molar-refractivity contribution >= 4 is 43.7 Å². The third-order valence-corrected chi connectivity index (χ3v) is 6.48. The van der Waals surface area contributed by atoms with Crippen LogP contribution in [-0.2, 0) is 17.8 Å². The number of hydrogen-bond donors (Lipinski definition) is 2. The third-order valence-electron chi connectivity index (χ3n) is 5.53. The summed E-state index contributed by atoms with van der Waals surface area (Å²) < 4.78 is 17.0. The van der Waals surface area contributed by atoms with Crippen LogP contribution in [0.5, 0.6) is 0 Å². The number of carbonyl (C=O) groups is 2. The van der Waals surface area contributed by atoms with E-state index in [1.165, 1.54) is 19.2 Å². The molecule has 36 heavy (non-hydrogen) atoms. The van der Waals surface area contributed by atoms with Gasteiger partial charge in [0.25, 0.3) is 5.91 Å². The molecule has 0 aliphatic carbocycles. The number of benzene rings is 3. The first kappa shape index (κ1) is 25.8.